The Kier molecular flexibility index (Phi) is 7.72. The van der Waals surface area contributed by atoms with Gasteiger partial charge in [-0.05, 0) is 37.1 Å². The van der Waals surface area contributed by atoms with Crippen molar-refractivity contribution in [1.82, 2.24) is 15.1 Å². The molecule has 144 valence electrons. The molecule has 1 N–H and O–H groups in total. The molecule has 0 aliphatic carbocycles. The molecule has 26 heavy (non-hydrogen) atoms. The summed E-state index contributed by atoms with van der Waals surface area (Å²) in [6.45, 7) is 3.40. The minimum atomic E-state index is -0.0345. The third-order valence-corrected chi connectivity index (χ3v) is 5.04. The second kappa shape index (κ2) is 9.78. The van der Waals surface area contributed by atoms with Crippen molar-refractivity contribution in [3.05, 3.63) is 29.8 Å². The van der Waals surface area contributed by atoms with E-state index in [1.54, 1.807) is 7.11 Å². The van der Waals surface area contributed by atoms with Crippen LogP contribution < -0.4 is 10.1 Å². The molecule has 0 spiro atoms. The van der Waals surface area contributed by atoms with Gasteiger partial charge in [-0.3, -0.25) is 9.59 Å². The van der Waals surface area contributed by atoms with Crippen molar-refractivity contribution in [3.63, 3.8) is 0 Å². The first kappa shape index (κ1) is 20.5. The summed E-state index contributed by atoms with van der Waals surface area (Å²) in [6.07, 6.45) is 3.56. The zero-order chi connectivity index (χ0) is 17.6. The highest BCUT2D eigenvalue weighted by molar-refractivity contribution is 5.85. The summed E-state index contributed by atoms with van der Waals surface area (Å²) in [4.78, 5) is 28.8. The largest absolute Gasteiger partial charge is 0.497 e. The summed E-state index contributed by atoms with van der Waals surface area (Å²) in [7, 11) is 1.62. The van der Waals surface area contributed by atoms with Gasteiger partial charge >= 0.3 is 0 Å². The number of amides is 2. The van der Waals surface area contributed by atoms with E-state index in [1.807, 2.05) is 34.1 Å². The smallest absolute Gasteiger partial charge is 0.239 e. The van der Waals surface area contributed by atoms with Gasteiger partial charge in [0, 0.05) is 26.2 Å². The summed E-state index contributed by atoms with van der Waals surface area (Å²) in [5.74, 6) is 1.07. The van der Waals surface area contributed by atoms with Crippen LogP contribution in [-0.4, -0.2) is 67.5 Å². The minimum absolute atomic E-state index is 0. The average Bonchev–Trinajstić information content (AvgIpc) is 2.68. The lowest BCUT2D eigenvalue weighted by atomic mass is 10.0. The van der Waals surface area contributed by atoms with E-state index in [4.69, 9.17) is 4.74 Å². The molecule has 3 rings (SSSR count). The lowest BCUT2D eigenvalue weighted by molar-refractivity contribution is -0.140. The number of piperidine rings is 1. The van der Waals surface area contributed by atoms with Gasteiger partial charge in [0.1, 0.15) is 5.75 Å². The molecular weight excluding hydrogens is 354 g/mol. The Bertz CT molecular complexity index is 612. The van der Waals surface area contributed by atoms with Crippen LogP contribution in [0.15, 0.2) is 24.3 Å². The Morgan fingerprint density at radius 3 is 2.54 bits per heavy atom. The first-order valence-electron chi connectivity index (χ1n) is 9.10. The number of carbonyl (C=O) groups is 2. The van der Waals surface area contributed by atoms with Gasteiger partial charge in [-0.1, -0.05) is 18.6 Å². The van der Waals surface area contributed by atoms with Gasteiger partial charge in [-0.25, -0.2) is 0 Å². The fourth-order valence-corrected chi connectivity index (χ4v) is 3.53. The van der Waals surface area contributed by atoms with E-state index in [-0.39, 0.29) is 30.3 Å². The van der Waals surface area contributed by atoms with Crippen LogP contribution in [-0.2, 0) is 16.0 Å². The van der Waals surface area contributed by atoms with Crippen LogP contribution in [0.5, 0.6) is 5.75 Å². The fourth-order valence-electron chi connectivity index (χ4n) is 3.53. The number of rotatable bonds is 4. The Labute approximate surface area is 161 Å². The summed E-state index contributed by atoms with van der Waals surface area (Å²) in [5.41, 5.74) is 0.953. The van der Waals surface area contributed by atoms with Crippen LogP contribution in [0.3, 0.4) is 0 Å². The van der Waals surface area contributed by atoms with E-state index in [1.165, 1.54) is 0 Å². The van der Waals surface area contributed by atoms with Crippen molar-refractivity contribution in [2.45, 2.75) is 31.7 Å². The number of carbonyl (C=O) groups excluding carboxylic acids is 2. The molecule has 0 bridgehead atoms. The predicted molar refractivity (Wildman–Crippen MR) is 103 cm³/mol. The van der Waals surface area contributed by atoms with Crippen LogP contribution in [0.25, 0.3) is 0 Å². The lowest BCUT2D eigenvalue weighted by Gasteiger charge is -2.37. The number of nitrogens with one attached hydrogen (secondary N) is 1. The Balaban J connectivity index is 0.00000243. The highest BCUT2D eigenvalue weighted by atomic mass is 35.5. The fraction of sp³-hybridized carbons (Fsp3) is 0.579. The zero-order valence-corrected chi connectivity index (χ0v) is 16.1. The third kappa shape index (κ3) is 5.11. The molecule has 2 saturated heterocycles. The molecule has 6 nitrogen and oxygen atoms in total. The SMILES string of the molecule is COc1cccc(CC(=O)N2CCN(C(=O)C3CCCCN3)CC2)c1.Cl. The summed E-state index contributed by atoms with van der Waals surface area (Å²) in [6, 6.07) is 7.57. The maximum atomic E-state index is 12.5. The van der Waals surface area contributed by atoms with Gasteiger partial charge in [-0.2, -0.15) is 0 Å². The standard InChI is InChI=1S/C19H27N3O3.ClH/c1-25-16-6-4-5-15(13-16)14-18(23)21-9-11-22(12-10-21)19(24)17-7-2-3-8-20-17;/h4-6,13,17,20H,2-3,7-12,14H2,1H3;1H. The highest BCUT2D eigenvalue weighted by Gasteiger charge is 2.29. The average molecular weight is 382 g/mol. The van der Waals surface area contributed by atoms with Crippen LogP contribution in [0.4, 0.5) is 0 Å². The molecule has 7 heteroatoms. The van der Waals surface area contributed by atoms with E-state index in [0.717, 1.165) is 37.1 Å². The highest BCUT2D eigenvalue weighted by Crippen LogP contribution is 2.15. The van der Waals surface area contributed by atoms with E-state index in [2.05, 4.69) is 5.32 Å². The first-order valence-corrected chi connectivity index (χ1v) is 9.10. The summed E-state index contributed by atoms with van der Waals surface area (Å²) < 4.78 is 5.20. The lowest BCUT2D eigenvalue weighted by Crippen LogP contribution is -2.56. The number of piperazine rings is 1. The molecule has 1 unspecified atom stereocenters. The number of hydrogen-bond acceptors (Lipinski definition) is 4. The van der Waals surface area contributed by atoms with Gasteiger partial charge in [-0.15, -0.1) is 12.4 Å². The van der Waals surface area contributed by atoms with E-state index in [0.29, 0.717) is 32.6 Å². The van der Waals surface area contributed by atoms with Gasteiger partial charge in [0.15, 0.2) is 0 Å². The van der Waals surface area contributed by atoms with Crippen LogP contribution >= 0.6 is 12.4 Å². The van der Waals surface area contributed by atoms with E-state index in [9.17, 15) is 9.59 Å². The number of nitrogens with zero attached hydrogens (tertiary/aromatic N) is 2. The van der Waals surface area contributed by atoms with Crippen molar-refractivity contribution >= 4 is 24.2 Å². The van der Waals surface area contributed by atoms with Crippen molar-refractivity contribution in [2.24, 2.45) is 0 Å². The molecule has 2 aliphatic heterocycles. The molecule has 1 atom stereocenters. The Morgan fingerprint density at radius 2 is 1.88 bits per heavy atom. The maximum absolute atomic E-state index is 12.5. The van der Waals surface area contributed by atoms with Crippen molar-refractivity contribution in [1.29, 1.82) is 0 Å². The number of hydrogen-bond donors (Lipinski definition) is 1. The summed E-state index contributed by atoms with van der Waals surface area (Å²) >= 11 is 0. The monoisotopic (exact) mass is 381 g/mol. The Morgan fingerprint density at radius 1 is 1.15 bits per heavy atom. The van der Waals surface area contributed by atoms with Crippen LogP contribution in [0, 0.1) is 0 Å². The van der Waals surface area contributed by atoms with E-state index < -0.39 is 0 Å². The number of benzene rings is 1. The quantitative estimate of drug-likeness (QED) is 0.858. The molecule has 0 radical (unpaired) electrons. The molecule has 2 amide bonds. The summed E-state index contributed by atoms with van der Waals surface area (Å²) in [5, 5.41) is 3.31. The van der Waals surface area contributed by atoms with Gasteiger partial charge in [0.25, 0.3) is 0 Å². The predicted octanol–water partition coefficient (Wildman–Crippen LogP) is 1.47. The van der Waals surface area contributed by atoms with Crippen LogP contribution in [0.1, 0.15) is 24.8 Å². The number of halogens is 1. The normalized spacial score (nSPS) is 20.3. The minimum Gasteiger partial charge on any atom is -0.497 e. The number of ether oxygens (including phenoxy) is 1. The molecule has 2 fully saturated rings. The number of methoxy groups -OCH3 is 1. The zero-order valence-electron chi connectivity index (χ0n) is 15.3. The van der Waals surface area contributed by atoms with Crippen LogP contribution in [0.2, 0.25) is 0 Å². The second-order valence-corrected chi connectivity index (χ2v) is 6.74. The van der Waals surface area contributed by atoms with Gasteiger partial charge in [0.05, 0.1) is 19.6 Å². The van der Waals surface area contributed by atoms with Crippen molar-refractivity contribution in [2.75, 3.05) is 39.8 Å². The maximum Gasteiger partial charge on any atom is 0.239 e. The van der Waals surface area contributed by atoms with Gasteiger partial charge < -0.3 is 19.9 Å². The molecule has 2 aliphatic rings. The van der Waals surface area contributed by atoms with Crippen molar-refractivity contribution in [3.8, 4) is 5.75 Å². The molecule has 0 saturated carbocycles. The van der Waals surface area contributed by atoms with E-state index >= 15 is 0 Å². The molecule has 2 heterocycles. The molecule has 0 aromatic heterocycles. The molecule has 1 aromatic rings. The Hall–Kier alpha value is -1.79. The van der Waals surface area contributed by atoms with Gasteiger partial charge in [0.2, 0.25) is 11.8 Å². The first-order chi connectivity index (χ1) is 12.2. The topological polar surface area (TPSA) is 61.9 Å². The molecular formula is C19H28ClN3O3. The second-order valence-electron chi connectivity index (χ2n) is 6.74. The molecule has 1 aromatic carbocycles. The third-order valence-electron chi connectivity index (χ3n) is 5.04. The van der Waals surface area contributed by atoms with Crippen molar-refractivity contribution < 1.29 is 14.3 Å².